The number of nitrogens with zero attached hydrogens (tertiary/aromatic N) is 1. The average Bonchev–Trinajstić information content (AvgIpc) is 3.21. The molecule has 1 heterocycles. The Kier molecular flexibility index (Phi) is 6.26. The molecule has 0 saturated carbocycles. The van der Waals surface area contributed by atoms with E-state index in [0.717, 1.165) is 29.9 Å². The number of aromatic nitrogens is 1. The first kappa shape index (κ1) is 18.7. The summed E-state index contributed by atoms with van der Waals surface area (Å²) in [6.07, 6.45) is 3.43. The summed E-state index contributed by atoms with van der Waals surface area (Å²) in [5.41, 5.74) is 3.01. The van der Waals surface area contributed by atoms with Crippen LogP contribution in [0, 0.1) is 0 Å². The molecular weight excluding hydrogens is 342 g/mol. The van der Waals surface area contributed by atoms with Crippen LogP contribution >= 0.6 is 0 Å². The highest BCUT2D eigenvalue weighted by molar-refractivity contribution is 5.89. The number of hydrogen-bond acceptors (Lipinski definition) is 5. The topological polar surface area (TPSA) is 61.6 Å². The number of methoxy groups -OCH3 is 1. The summed E-state index contributed by atoms with van der Waals surface area (Å²) in [6.45, 7) is 2.91. The van der Waals surface area contributed by atoms with Crippen LogP contribution in [0.15, 0.2) is 59.1 Å². The molecule has 27 heavy (non-hydrogen) atoms. The lowest BCUT2D eigenvalue weighted by Crippen LogP contribution is -2.00. The molecule has 2 aromatic carbocycles. The Labute approximate surface area is 158 Å². The molecule has 0 amide bonds. The molecule has 0 bridgehead atoms. The van der Waals surface area contributed by atoms with Gasteiger partial charge in [-0.25, -0.2) is 4.79 Å². The Hall–Kier alpha value is -3.08. The van der Waals surface area contributed by atoms with Crippen LogP contribution in [0.3, 0.4) is 0 Å². The number of ether oxygens (including phenoxy) is 2. The third kappa shape index (κ3) is 4.76. The van der Waals surface area contributed by atoms with E-state index in [1.807, 2.05) is 42.5 Å². The molecule has 0 spiro atoms. The van der Waals surface area contributed by atoms with E-state index in [1.54, 1.807) is 12.1 Å². The molecule has 5 heteroatoms. The Morgan fingerprint density at radius 2 is 1.70 bits per heavy atom. The van der Waals surface area contributed by atoms with Crippen molar-refractivity contribution in [1.82, 2.24) is 5.16 Å². The summed E-state index contributed by atoms with van der Waals surface area (Å²) >= 11 is 0. The minimum Gasteiger partial charge on any atom is -0.494 e. The zero-order chi connectivity index (χ0) is 19.1. The normalized spacial score (nSPS) is 10.6. The molecule has 0 aliphatic heterocycles. The number of rotatable bonds is 8. The zero-order valence-corrected chi connectivity index (χ0v) is 15.6. The lowest BCUT2D eigenvalue weighted by atomic mass is 10.1. The largest absolute Gasteiger partial charge is 0.494 e. The quantitative estimate of drug-likeness (QED) is 0.397. The fourth-order valence-corrected chi connectivity index (χ4v) is 2.70. The van der Waals surface area contributed by atoms with Crippen LogP contribution in [0.2, 0.25) is 0 Å². The van der Waals surface area contributed by atoms with Gasteiger partial charge in [-0.3, -0.25) is 0 Å². The van der Waals surface area contributed by atoms with E-state index in [4.69, 9.17) is 14.0 Å². The number of hydrogen-bond donors (Lipinski definition) is 0. The van der Waals surface area contributed by atoms with Crippen molar-refractivity contribution in [3.05, 3.63) is 60.2 Å². The van der Waals surface area contributed by atoms with Gasteiger partial charge < -0.3 is 14.0 Å². The van der Waals surface area contributed by atoms with Crippen LogP contribution in [0.1, 0.15) is 36.5 Å². The standard InChI is InChI=1S/C22H23NO4/c1-3-4-5-14-26-19-12-10-17(11-13-19)21-15-20(23-27-21)16-6-8-18(9-7-16)22(24)25-2/h6-13,15H,3-5,14H2,1-2H3. The summed E-state index contributed by atoms with van der Waals surface area (Å²) in [5.74, 6) is 1.17. The van der Waals surface area contributed by atoms with Crippen LogP contribution in [0.4, 0.5) is 0 Å². The number of esters is 1. The van der Waals surface area contributed by atoms with Crippen molar-refractivity contribution in [3.8, 4) is 28.3 Å². The molecule has 0 radical (unpaired) electrons. The van der Waals surface area contributed by atoms with E-state index in [0.29, 0.717) is 17.0 Å². The molecule has 0 saturated heterocycles. The van der Waals surface area contributed by atoms with Gasteiger partial charge in [-0.1, -0.05) is 37.1 Å². The van der Waals surface area contributed by atoms with Gasteiger partial charge >= 0.3 is 5.97 Å². The molecule has 140 valence electrons. The predicted octanol–water partition coefficient (Wildman–Crippen LogP) is 5.36. The van der Waals surface area contributed by atoms with Crippen LogP contribution in [-0.4, -0.2) is 24.8 Å². The highest BCUT2D eigenvalue weighted by Crippen LogP contribution is 2.27. The lowest BCUT2D eigenvalue weighted by Gasteiger charge is -2.05. The SMILES string of the molecule is CCCCCOc1ccc(-c2cc(-c3ccc(C(=O)OC)cc3)no2)cc1. The zero-order valence-electron chi connectivity index (χ0n) is 15.6. The summed E-state index contributed by atoms with van der Waals surface area (Å²) in [7, 11) is 1.36. The van der Waals surface area contributed by atoms with Gasteiger partial charge in [0, 0.05) is 17.2 Å². The molecule has 0 N–H and O–H groups in total. The summed E-state index contributed by atoms with van der Waals surface area (Å²) in [5, 5.41) is 4.13. The number of carbonyl (C=O) groups is 1. The molecule has 0 fully saturated rings. The fourth-order valence-electron chi connectivity index (χ4n) is 2.70. The van der Waals surface area contributed by atoms with E-state index in [-0.39, 0.29) is 5.97 Å². The van der Waals surface area contributed by atoms with Gasteiger partial charge in [0.05, 0.1) is 19.3 Å². The predicted molar refractivity (Wildman–Crippen MR) is 104 cm³/mol. The van der Waals surface area contributed by atoms with E-state index >= 15 is 0 Å². The van der Waals surface area contributed by atoms with Crippen molar-refractivity contribution in [1.29, 1.82) is 0 Å². The van der Waals surface area contributed by atoms with E-state index in [2.05, 4.69) is 12.1 Å². The smallest absolute Gasteiger partial charge is 0.337 e. The van der Waals surface area contributed by atoms with Crippen molar-refractivity contribution in [2.75, 3.05) is 13.7 Å². The van der Waals surface area contributed by atoms with Crippen molar-refractivity contribution in [2.45, 2.75) is 26.2 Å². The van der Waals surface area contributed by atoms with Gasteiger partial charge in [-0.15, -0.1) is 0 Å². The second-order valence-electron chi connectivity index (χ2n) is 6.23. The summed E-state index contributed by atoms with van der Waals surface area (Å²) in [4.78, 5) is 11.5. The molecule has 1 aromatic heterocycles. The van der Waals surface area contributed by atoms with Crippen molar-refractivity contribution in [2.24, 2.45) is 0 Å². The molecule has 3 aromatic rings. The maximum absolute atomic E-state index is 11.5. The van der Waals surface area contributed by atoms with Crippen molar-refractivity contribution in [3.63, 3.8) is 0 Å². The molecule has 0 unspecified atom stereocenters. The fraction of sp³-hybridized carbons (Fsp3) is 0.273. The first-order chi connectivity index (χ1) is 13.2. The molecule has 3 rings (SSSR count). The molecule has 0 aliphatic carbocycles. The second-order valence-corrected chi connectivity index (χ2v) is 6.23. The molecular formula is C22H23NO4. The average molecular weight is 365 g/mol. The highest BCUT2D eigenvalue weighted by Gasteiger charge is 2.10. The maximum Gasteiger partial charge on any atom is 0.337 e. The third-order valence-corrected chi connectivity index (χ3v) is 4.27. The maximum atomic E-state index is 11.5. The Morgan fingerprint density at radius 3 is 2.37 bits per heavy atom. The molecule has 0 aliphatic rings. The van der Waals surface area contributed by atoms with E-state index < -0.39 is 0 Å². The highest BCUT2D eigenvalue weighted by atomic mass is 16.5. The lowest BCUT2D eigenvalue weighted by molar-refractivity contribution is 0.0601. The van der Waals surface area contributed by atoms with Gasteiger partial charge in [-0.05, 0) is 42.8 Å². The van der Waals surface area contributed by atoms with Crippen molar-refractivity contribution < 1.29 is 18.8 Å². The minimum absolute atomic E-state index is 0.362. The van der Waals surface area contributed by atoms with Gasteiger partial charge in [-0.2, -0.15) is 0 Å². The summed E-state index contributed by atoms with van der Waals surface area (Å²) in [6, 6.07) is 16.7. The first-order valence-corrected chi connectivity index (χ1v) is 9.10. The van der Waals surface area contributed by atoms with E-state index in [9.17, 15) is 4.79 Å². The van der Waals surface area contributed by atoms with Crippen LogP contribution in [0.5, 0.6) is 5.75 Å². The molecule has 5 nitrogen and oxygen atoms in total. The Bertz CT molecular complexity index is 866. The Balaban J connectivity index is 1.67. The van der Waals surface area contributed by atoms with Gasteiger partial charge in [0.15, 0.2) is 5.76 Å². The van der Waals surface area contributed by atoms with Gasteiger partial charge in [0.1, 0.15) is 11.4 Å². The second kappa shape index (κ2) is 9.03. The Morgan fingerprint density at radius 1 is 1.00 bits per heavy atom. The summed E-state index contributed by atoms with van der Waals surface area (Å²) < 4.78 is 15.9. The molecule has 0 atom stereocenters. The number of benzene rings is 2. The van der Waals surface area contributed by atoms with Crippen molar-refractivity contribution >= 4 is 5.97 Å². The van der Waals surface area contributed by atoms with Gasteiger partial charge in [0.2, 0.25) is 0 Å². The third-order valence-electron chi connectivity index (χ3n) is 4.27. The van der Waals surface area contributed by atoms with Crippen LogP contribution < -0.4 is 4.74 Å². The van der Waals surface area contributed by atoms with Crippen LogP contribution in [0.25, 0.3) is 22.6 Å². The minimum atomic E-state index is -0.362. The number of unbranched alkanes of at least 4 members (excludes halogenated alkanes) is 2. The van der Waals surface area contributed by atoms with Crippen LogP contribution in [-0.2, 0) is 4.74 Å². The number of carbonyl (C=O) groups excluding carboxylic acids is 1. The first-order valence-electron chi connectivity index (χ1n) is 9.10. The van der Waals surface area contributed by atoms with E-state index in [1.165, 1.54) is 20.0 Å². The monoisotopic (exact) mass is 365 g/mol. The van der Waals surface area contributed by atoms with Gasteiger partial charge in [0.25, 0.3) is 0 Å².